The van der Waals surface area contributed by atoms with Crippen molar-refractivity contribution in [3.05, 3.63) is 87.6 Å². The van der Waals surface area contributed by atoms with Gasteiger partial charge in [-0.25, -0.2) is 8.42 Å². The van der Waals surface area contributed by atoms with Gasteiger partial charge in [-0.1, -0.05) is 36.4 Å². The van der Waals surface area contributed by atoms with Crippen LogP contribution in [0.2, 0.25) is 0 Å². The van der Waals surface area contributed by atoms with E-state index in [1.165, 1.54) is 15.2 Å². The summed E-state index contributed by atoms with van der Waals surface area (Å²) < 4.78 is 32.9. The monoisotopic (exact) mass is 468 g/mol. The second kappa shape index (κ2) is 8.78. The van der Waals surface area contributed by atoms with E-state index in [0.717, 1.165) is 17.5 Å². The number of amides is 1. The summed E-state index contributed by atoms with van der Waals surface area (Å²) in [6.07, 6.45) is 0.799. The molecule has 0 saturated carbocycles. The molecule has 0 spiro atoms. The van der Waals surface area contributed by atoms with Crippen molar-refractivity contribution in [2.45, 2.75) is 17.4 Å². The topological polar surface area (TPSA) is 66.9 Å². The minimum Gasteiger partial charge on any atom is -0.379 e. The zero-order valence-electron chi connectivity index (χ0n) is 17.5. The van der Waals surface area contributed by atoms with E-state index >= 15 is 0 Å². The molecule has 1 amide bonds. The zero-order chi connectivity index (χ0) is 22.1. The van der Waals surface area contributed by atoms with Crippen molar-refractivity contribution in [3.8, 4) is 0 Å². The number of ether oxygens (including phenoxy) is 1. The van der Waals surface area contributed by atoms with Crippen LogP contribution in [0.5, 0.6) is 0 Å². The molecule has 1 aromatic heterocycles. The average molecular weight is 469 g/mol. The van der Waals surface area contributed by atoms with Crippen LogP contribution < -0.4 is 0 Å². The maximum absolute atomic E-state index is 13.7. The van der Waals surface area contributed by atoms with Gasteiger partial charge in [-0.05, 0) is 47.2 Å². The summed E-state index contributed by atoms with van der Waals surface area (Å²) >= 11 is 1.72. The average Bonchev–Trinajstić information content (AvgIpc) is 3.33. The maximum atomic E-state index is 13.7. The number of benzene rings is 2. The fourth-order valence-corrected chi connectivity index (χ4v) is 6.78. The predicted molar refractivity (Wildman–Crippen MR) is 123 cm³/mol. The van der Waals surface area contributed by atoms with Gasteiger partial charge in [0.25, 0.3) is 5.91 Å². The molecule has 2 aliphatic rings. The van der Waals surface area contributed by atoms with E-state index in [4.69, 9.17) is 4.74 Å². The van der Waals surface area contributed by atoms with Gasteiger partial charge in [0.1, 0.15) is 0 Å². The lowest BCUT2D eigenvalue weighted by atomic mass is 9.92. The van der Waals surface area contributed by atoms with Gasteiger partial charge >= 0.3 is 0 Å². The van der Waals surface area contributed by atoms with Gasteiger partial charge in [0.15, 0.2) is 0 Å². The van der Waals surface area contributed by atoms with Gasteiger partial charge in [-0.2, -0.15) is 4.31 Å². The minimum absolute atomic E-state index is 0.148. The Bertz CT molecular complexity index is 1220. The molecule has 166 valence electrons. The predicted octanol–water partition coefficient (Wildman–Crippen LogP) is 3.56. The van der Waals surface area contributed by atoms with Gasteiger partial charge in [-0.15, -0.1) is 11.3 Å². The number of thiophene rings is 1. The SMILES string of the molecule is O=C(c1cccc(S(=O)(=O)N2CCOCC2)c1)N1CCc2sccc2C1c1ccccc1. The second-order valence-corrected chi connectivity index (χ2v) is 10.8. The number of carbonyl (C=O) groups excluding carboxylic acids is 1. The molecule has 0 aliphatic carbocycles. The first kappa shape index (κ1) is 21.3. The number of nitrogens with zero attached hydrogens (tertiary/aromatic N) is 2. The van der Waals surface area contributed by atoms with Crippen LogP contribution in [0, 0.1) is 0 Å². The van der Waals surface area contributed by atoms with Crippen LogP contribution in [-0.4, -0.2) is 56.4 Å². The van der Waals surface area contributed by atoms with Gasteiger partial charge in [-0.3, -0.25) is 4.79 Å². The smallest absolute Gasteiger partial charge is 0.254 e. The van der Waals surface area contributed by atoms with Gasteiger partial charge in [0.2, 0.25) is 10.0 Å². The Balaban J connectivity index is 1.49. The largest absolute Gasteiger partial charge is 0.379 e. The molecular weight excluding hydrogens is 444 g/mol. The Morgan fingerprint density at radius 3 is 2.53 bits per heavy atom. The number of rotatable bonds is 4. The Hall–Kier alpha value is -2.52. The number of hydrogen-bond acceptors (Lipinski definition) is 5. The highest BCUT2D eigenvalue weighted by molar-refractivity contribution is 7.89. The van der Waals surface area contributed by atoms with E-state index < -0.39 is 10.0 Å². The van der Waals surface area contributed by atoms with Crippen molar-refractivity contribution in [2.75, 3.05) is 32.8 Å². The summed E-state index contributed by atoms with van der Waals surface area (Å²) in [4.78, 5) is 17.0. The number of morpholine rings is 1. The summed E-state index contributed by atoms with van der Waals surface area (Å²) in [5.41, 5.74) is 2.59. The van der Waals surface area contributed by atoms with E-state index in [-0.39, 0.29) is 16.8 Å². The molecule has 3 heterocycles. The third kappa shape index (κ3) is 3.88. The lowest BCUT2D eigenvalue weighted by molar-refractivity contribution is 0.0695. The van der Waals surface area contributed by atoms with Crippen molar-refractivity contribution >= 4 is 27.3 Å². The highest BCUT2D eigenvalue weighted by Gasteiger charge is 2.34. The summed E-state index contributed by atoms with van der Waals surface area (Å²) in [5, 5.41) is 2.07. The summed E-state index contributed by atoms with van der Waals surface area (Å²) in [6.45, 7) is 2.00. The highest BCUT2D eigenvalue weighted by Crippen LogP contribution is 2.38. The van der Waals surface area contributed by atoms with Crippen molar-refractivity contribution < 1.29 is 17.9 Å². The highest BCUT2D eigenvalue weighted by atomic mass is 32.2. The lowest BCUT2D eigenvalue weighted by Gasteiger charge is -2.36. The molecule has 6 nitrogen and oxygen atoms in total. The molecule has 2 aliphatic heterocycles. The van der Waals surface area contributed by atoms with E-state index in [9.17, 15) is 13.2 Å². The Kier molecular flexibility index (Phi) is 5.86. The third-order valence-corrected chi connectivity index (χ3v) is 8.92. The first-order valence-electron chi connectivity index (χ1n) is 10.7. The molecule has 8 heteroatoms. The summed E-state index contributed by atoms with van der Waals surface area (Å²) in [6, 6.07) is 18.3. The van der Waals surface area contributed by atoms with Crippen molar-refractivity contribution in [2.24, 2.45) is 0 Å². The van der Waals surface area contributed by atoms with Crippen LogP contribution in [0.25, 0.3) is 0 Å². The van der Waals surface area contributed by atoms with Gasteiger partial charge in [0.05, 0.1) is 24.2 Å². The van der Waals surface area contributed by atoms with Crippen molar-refractivity contribution in [3.63, 3.8) is 0 Å². The number of hydrogen-bond donors (Lipinski definition) is 0. The minimum atomic E-state index is -3.67. The van der Waals surface area contributed by atoms with Crippen molar-refractivity contribution in [1.82, 2.24) is 9.21 Å². The first-order chi connectivity index (χ1) is 15.6. The number of fused-ring (bicyclic) bond motifs is 1. The van der Waals surface area contributed by atoms with E-state index in [2.05, 4.69) is 11.4 Å². The molecule has 1 saturated heterocycles. The third-order valence-electron chi connectivity index (χ3n) is 6.03. The van der Waals surface area contributed by atoms with Gasteiger partial charge < -0.3 is 9.64 Å². The molecule has 2 aromatic carbocycles. The summed E-state index contributed by atoms with van der Waals surface area (Å²) in [5.74, 6) is -0.158. The van der Waals surface area contributed by atoms with Crippen molar-refractivity contribution in [1.29, 1.82) is 0 Å². The zero-order valence-corrected chi connectivity index (χ0v) is 19.1. The standard InChI is InChI=1S/C24H24N2O4S2/c27-24(19-7-4-8-20(17-19)32(28,29)25-12-14-30-15-13-25)26-11-9-22-21(10-16-31-22)23(26)18-5-2-1-3-6-18/h1-8,10,16-17,23H,9,11-15H2. The van der Waals surface area contributed by atoms with Crippen LogP contribution in [-0.2, 0) is 21.2 Å². The van der Waals surface area contributed by atoms with Crippen LogP contribution >= 0.6 is 11.3 Å². The molecular formula is C24H24N2O4S2. The lowest BCUT2D eigenvalue weighted by Crippen LogP contribution is -2.41. The Labute approximate surface area is 192 Å². The maximum Gasteiger partial charge on any atom is 0.254 e. The van der Waals surface area contributed by atoms with E-state index in [1.807, 2.05) is 35.2 Å². The van der Waals surface area contributed by atoms with Crippen LogP contribution in [0.4, 0.5) is 0 Å². The van der Waals surface area contributed by atoms with E-state index in [1.54, 1.807) is 29.5 Å². The second-order valence-electron chi connectivity index (χ2n) is 7.91. The first-order valence-corrected chi connectivity index (χ1v) is 13.0. The number of sulfonamides is 1. The van der Waals surface area contributed by atoms with Crippen LogP contribution in [0.15, 0.2) is 70.9 Å². The Morgan fingerprint density at radius 2 is 1.75 bits per heavy atom. The molecule has 0 bridgehead atoms. The van der Waals surface area contributed by atoms with Gasteiger partial charge in [0, 0.05) is 30.1 Å². The molecule has 5 rings (SSSR count). The molecule has 1 unspecified atom stereocenters. The molecule has 1 fully saturated rings. The molecule has 3 aromatic rings. The fourth-order valence-electron chi connectivity index (χ4n) is 4.42. The number of carbonyl (C=O) groups is 1. The quantitative estimate of drug-likeness (QED) is 0.587. The van der Waals surface area contributed by atoms with E-state index in [0.29, 0.717) is 38.4 Å². The van der Waals surface area contributed by atoms with Crippen LogP contribution in [0.1, 0.15) is 32.4 Å². The Morgan fingerprint density at radius 1 is 0.969 bits per heavy atom. The molecule has 32 heavy (non-hydrogen) atoms. The molecule has 0 radical (unpaired) electrons. The van der Waals surface area contributed by atoms with Crippen LogP contribution in [0.3, 0.4) is 0 Å². The molecule has 1 atom stereocenters. The normalized spacial score (nSPS) is 19.5. The fraction of sp³-hybridized carbons (Fsp3) is 0.292. The summed E-state index contributed by atoms with van der Waals surface area (Å²) in [7, 11) is -3.67. The molecule has 0 N–H and O–H groups in total.